The largest absolute Gasteiger partial charge is 0.482 e. The molecule has 8 heteroatoms. The summed E-state index contributed by atoms with van der Waals surface area (Å²) in [5, 5.41) is 0.497. The number of nitrogens with zero attached hydrogens (tertiary/aromatic N) is 1. The highest BCUT2D eigenvalue weighted by atomic mass is 35.5. The van der Waals surface area contributed by atoms with E-state index in [9.17, 15) is 14.4 Å². The molecule has 0 aliphatic carbocycles. The number of carbonyl (C=O) groups is 3. The Morgan fingerprint density at radius 3 is 2.54 bits per heavy atom. The summed E-state index contributed by atoms with van der Waals surface area (Å²) in [5.74, 6) is -0.873. The summed E-state index contributed by atoms with van der Waals surface area (Å²) in [6, 6.07) is 6.63. The first kappa shape index (κ1) is 20.0. The van der Waals surface area contributed by atoms with Crippen molar-refractivity contribution in [1.29, 1.82) is 0 Å². The van der Waals surface area contributed by atoms with E-state index in [1.807, 2.05) is 0 Å². The molecule has 2 rings (SSSR count). The van der Waals surface area contributed by atoms with E-state index in [1.165, 1.54) is 0 Å². The van der Waals surface area contributed by atoms with Gasteiger partial charge in [-0.1, -0.05) is 17.7 Å². The van der Waals surface area contributed by atoms with Crippen LogP contribution in [0.5, 0.6) is 5.75 Å². The third-order valence-electron chi connectivity index (χ3n) is 3.98. The standard InChI is InChI=1S/C18H22ClNO6/c1-2-24-18(23)13-6-8-20(9-7-13)16(21)11-26-17(22)12-25-15-5-3-4-14(19)10-15/h3-5,10,13H,2,6-9,11-12H2,1H3. The molecule has 0 aromatic heterocycles. The number of esters is 2. The molecule has 142 valence electrons. The number of ether oxygens (including phenoxy) is 3. The maximum absolute atomic E-state index is 12.1. The van der Waals surface area contributed by atoms with E-state index in [0.717, 1.165) is 0 Å². The second-order valence-corrected chi connectivity index (χ2v) is 6.25. The van der Waals surface area contributed by atoms with Crippen molar-refractivity contribution in [1.82, 2.24) is 4.90 Å². The third-order valence-corrected chi connectivity index (χ3v) is 4.21. The summed E-state index contributed by atoms with van der Waals surface area (Å²) in [7, 11) is 0. The Hall–Kier alpha value is -2.28. The minimum Gasteiger partial charge on any atom is -0.482 e. The predicted octanol–water partition coefficient (Wildman–Crippen LogP) is 2.06. The van der Waals surface area contributed by atoms with Crippen molar-refractivity contribution in [3.05, 3.63) is 29.3 Å². The minimum atomic E-state index is -0.639. The van der Waals surface area contributed by atoms with Gasteiger partial charge in [0, 0.05) is 18.1 Å². The lowest BCUT2D eigenvalue weighted by Crippen LogP contribution is -2.42. The van der Waals surface area contributed by atoms with Crippen LogP contribution >= 0.6 is 11.6 Å². The van der Waals surface area contributed by atoms with E-state index in [-0.39, 0.29) is 31.0 Å². The van der Waals surface area contributed by atoms with E-state index >= 15 is 0 Å². The van der Waals surface area contributed by atoms with Crippen molar-refractivity contribution in [2.45, 2.75) is 19.8 Å². The first-order valence-electron chi connectivity index (χ1n) is 8.48. The molecule has 0 atom stereocenters. The van der Waals surface area contributed by atoms with Gasteiger partial charge in [0.15, 0.2) is 13.2 Å². The van der Waals surface area contributed by atoms with Crippen LogP contribution in [0.2, 0.25) is 5.02 Å². The minimum absolute atomic E-state index is 0.173. The van der Waals surface area contributed by atoms with E-state index in [2.05, 4.69) is 0 Å². The average molecular weight is 384 g/mol. The highest BCUT2D eigenvalue weighted by Gasteiger charge is 2.28. The normalized spacial score (nSPS) is 14.6. The lowest BCUT2D eigenvalue weighted by molar-refractivity contribution is -0.155. The van der Waals surface area contributed by atoms with Gasteiger partial charge in [-0.3, -0.25) is 9.59 Å². The number of piperidine rings is 1. The van der Waals surface area contributed by atoms with Gasteiger partial charge in [0.25, 0.3) is 5.91 Å². The Balaban J connectivity index is 1.67. The molecule has 0 bridgehead atoms. The number of hydrogen-bond donors (Lipinski definition) is 0. The van der Waals surface area contributed by atoms with Crippen LogP contribution in [0.15, 0.2) is 24.3 Å². The molecule has 1 amide bonds. The van der Waals surface area contributed by atoms with Crippen LogP contribution in [0.1, 0.15) is 19.8 Å². The number of likely N-dealkylation sites (tertiary alicyclic amines) is 1. The van der Waals surface area contributed by atoms with Crippen LogP contribution in [0.3, 0.4) is 0 Å². The van der Waals surface area contributed by atoms with Crippen LogP contribution in [-0.4, -0.2) is 55.7 Å². The summed E-state index contributed by atoms with van der Waals surface area (Å²) in [6.45, 7) is 2.35. The van der Waals surface area contributed by atoms with E-state index in [1.54, 1.807) is 36.1 Å². The molecule has 1 saturated heterocycles. The Morgan fingerprint density at radius 2 is 1.88 bits per heavy atom. The zero-order valence-electron chi connectivity index (χ0n) is 14.6. The number of carbonyl (C=O) groups excluding carboxylic acids is 3. The quantitative estimate of drug-likeness (QED) is 0.670. The SMILES string of the molecule is CCOC(=O)C1CCN(C(=O)COC(=O)COc2cccc(Cl)c2)CC1. The van der Waals surface area contributed by atoms with Crippen molar-refractivity contribution >= 4 is 29.4 Å². The lowest BCUT2D eigenvalue weighted by atomic mass is 9.97. The van der Waals surface area contributed by atoms with Crippen LogP contribution in [0.25, 0.3) is 0 Å². The van der Waals surface area contributed by atoms with E-state index in [0.29, 0.717) is 43.3 Å². The van der Waals surface area contributed by atoms with Gasteiger partial charge in [0.1, 0.15) is 5.75 Å². The fourth-order valence-corrected chi connectivity index (χ4v) is 2.78. The molecule has 26 heavy (non-hydrogen) atoms. The summed E-state index contributed by atoms with van der Waals surface area (Å²) >= 11 is 5.82. The van der Waals surface area contributed by atoms with Crippen LogP contribution < -0.4 is 4.74 Å². The molecule has 1 aromatic carbocycles. The highest BCUT2D eigenvalue weighted by molar-refractivity contribution is 6.30. The third kappa shape index (κ3) is 6.22. The molecule has 0 spiro atoms. The van der Waals surface area contributed by atoms with Gasteiger partial charge in [-0.05, 0) is 38.0 Å². The number of benzene rings is 1. The van der Waals surface area contributed by atoms with Gasteiger partial charge in [-0.2, -0.15) is 0 Å². The number of halogens is 1. The molecule has 1 fully saturated rings. The first-order valence-corrected chi connectivity index (χ1v) is 8.85. The maximum atomic E-state index is 12.1. The number of hydrogen-bond acceptors (Lipinski definition) is 6. The van der Waals surface area contributed by atoms with Gasteiger partial charge in [-0.25, -0.2) is 4.79 Å². The fraction of sp³-hybridized carbons (Fsp3) is 0.500. The van der Waals surface area contributed by atoms with Gasteiger partial charge in [0.05, 0.1) is 12.5 Å². The summed E-state index contributed by atoms with van der Waals surface area (Å²) in [4.78, 5) is 37.1. The Labute approximate surface area is 157 Å². The fourth-order valence-electron chi connectivity index (χ4n) is 2.60. The van der Waals surface area contributed by atoms with E-state index in [4.69, 9.17) is 25.8 Å². The summed E-state index contributed by atoms with van der Waals surface area (Å²) in [5.41, 5.74) is 0. The van der Waals surface area contributed by atoms with Gasteiger partial charge in [-0.15, -0.1) is 0 Å². The van der Waals surface area contributed by atoms with Gasteiger partial charge >= 0.3 is 11.9 Å². The van der Waals surface area contributed by atoms with Crippen molar-refractivity contribution in [3.8, 4) is 5.75 Å². The molecular weight excluding hydrogens is 362 g/mol. The van der Waals surface area contributed by atoms with E-state index < -0.39 is 5.97 Å². The second-order valence-electron chi connectivity index (χ2n) is 5.81. The summed E-state index contributed by atoms with van der Waals surface area (Å²) < 4.78 is 15.2. The Morgan fingerprint density at radius 1 is 1.15 bits per heavy atom. The predicted molar refractivity (Wildman–Crippen MR) is 93.8 cm³/mol. The van der Waals surface area contributed by atoms with Crippen LogP contribution in [0, 0.1) is 5.92 Å². The van der Waals surface area contributed by atoms with Crippen molar-refractivity contribution < 1.29 is 28.6 Å². The monoisotopic (exact) mass is 383 g/mol. The topological polar surface area (TPSA) is 82.1 Å². The molecule has 1 heterocycles. The van der Waals surface area contributed by atoms with Crippen molar-refractivity contribution in [2.24, 2.45) is 5.92 Å². The van der Waals surface area contributed by atoms with Gasteiger partial charge < -0.3 is 19.1 Å². The summed E-state index contributed by atoms with van der Waals surface area (Å²) in [6.07, 6.45) is 1.10. The van der Waals surface area contributed by atoms with Crippen LogP contribution in [0.4, 0.5) is 0 Å². The molecular formula is C18H22ClNO6. The highest BCUT2D eigenvalue weighted by Crippen LogP contribution is 2.19. The second kappa shape index (κ2) is 10.0. The lowest BCUT2D eigenvalue weighted by Gasteiger charge is -2.30. The van der Waals surface area contributed by atoms with Crippen LogP contribution in [-0.2, 0) is 23.9 Å². The molecule has 0 saturated carbocycles. The van der Waals surface area contributed by atoms with Crippen molar-refractivity contribution in [3.63, 3.8) is 0 Å². The number of amides is 1. The molecule has 1 aliphatic rings. The smallest absolute Gasteiger partial charge is 0.344 e. The van der Waals surface area contributed by atoms with Crippen molar-refractivity contribution in [2.75, 3.05) is 32.9 Å². The molecule has 0 radical (unpaired) electrons. The molecule has 0 N–H and O–H groups in total. The molecule has 1 aliphatic heterocycles. The zero-order valence-corrected chi connectivity index (χ0v) is 15.4. The molecule has 7 nitrogen and oxygen atoms in total. The first-order chi connectivity index (χ1) is 12.5. The maximum Gasteiger partial charge on any atom is 0.344 e. The average Bonchev–Trinajstić information content (AvgIpc) is 2.65. The number of rotatable bonds is 7. The zero-order chi connectivity index (χ0) is 18.9. The van der Waals surface area contributed by atoms with Gasteiger partial charge in [0.2, 0.25) is 0 Å². The Kier molecular flexibility index (Phi) is 7.72. The molecule has 0 unspecified atom stereocenters. The Bertz CT molecular complexity index is 642. The molecule has 1 aromatic rings.